The largest absolute Gasteiger partial charge is 0.280 e. The van der Waals surface area contributed by atoms with E-state index in [1.807, 2.05) is 4.72 Å². The smallest absolute Gasteiger partial charge is 0.242 e. The summed E-state index contributed by atoms with van der Waals surface area (Å²) in [5.41, 5.74) is -0.156. The monoisotopic (exact) mass is 301 g/mol. The molecule has 1 N–H and O–H groups in total. The van der Waals surface area contributed by atoms with Gasteiger partial charge in [0.1, 0.15) is 10.5 Å². The summed E-state index contributed by atoms with van der Waals surface area (Å²) in [6.45, 7) is 0. The maximum absolute atomic E-state index is 13.0. The van der Waals surface area contributed by atoms with Crippen LogP contribution in [0.2, 0.25) is 5.02 Å². The van der Waals surface area contributed by atoms with Crippen LogP contribution in [0.3, 0.4) is 0 Å². The summed E-state index contributed by atoms with van der Waals surface area (Å²) >= 11 is 8.34. The third-order valence-corrected chi connectivity index (χ3v) is 4.20. The summed E-state index contributed by atoms with van der Waals surface area (Å²) in [7, 11) is -3.54. The quantitative estimate of drug-likeness (QED) is 0.872. The molecule has 7 heteroatoms. The molecule has 0 heterocycles. The lowest BCUT2D eigenvalue weighted by Gasteiger charge is -2.06. The van der Waals surface area contributed by atoms with E-state index in [1.54, 1.807) is 0 Å². The van der Waals surface area contributed by atoms with Crippen LogP contribution in [0.15, 0.2) is 18.2 Å². The van der Waals surface area contributed by atoms with Crippen molar-refractivity contribution in [3.05, 3.63) is 29.0 Å². The van der Waals surface area contributed by atoms with Crippen molar-refractivity contribution >= 4 is 43.2 Å². The zero-order valence-electron chi connectivity index (χ0n) is 6.80. The molecule has 3 nitrogen and oxygen atoms in total. The number of rotatable bonds is 3. The molecule has 0 saturated carbocycles. The highest BCUT2D eigenvalue weighted by atomic mass is 79.9. The van der Waals surface area contributed by atoms with Gasteiger partial charge in [-0.2, -0.15) is 0 Å². The first kappa shape index (κ1) is 11.7. The van der Waals surface area contributed by atoms with Gasteiger partial charge in [-0.3, -0.25) is 4.72 Å². The standard InChI is InChI=1S/C7H6BrClFNO2S/c8-4-14(12,13)11-7-3-5(9)1-2-6(7)10/h1-3,11H,4H2. The van der Waals surface area contributed by atoms with Crippen molar-refractivity contribution in [1.82, 2.24) is 0 Å². The molecule has 0 aromatic heterocycles. The van der Waals surface area contributed by atoms with Crippen LogP contribution in [0, 0.1) is 5.82 Å². The summed E-state index contributed by atoms with van der Waals surface area (Å²) in [6.07, 6.45) is 0. The average molecular weight is 303 g/mol. The van der Waals surface area contributed by atoms with Gasteiger partial charge in [0.25, 0.3) is 0 Å². The van der Waals surface area contributed by atoms with Crippen LogP contribution in [0.1, 0.15) is 0 Å². The molecule has 0 unspecified atom stereocenters. The van der Waals surface area contributed by atoms with Gasteiger partial charge in [-0.1, -0.05) is 27.5 Å². The molecule has 0 fully saturated rings. The van der Waals surface area contributed by atoms with Crippen LogP contribution >= 0.6 is 27.5 Å². The van der Waals surface area contributed by atoms with E-state index in [0.29, 0.717) is 0 Å². The van der Waals surface area contributed by atoms with Gasteiger partial charge >= 0.3 is 0 Å². The molecule has 0 aliphatic carbocycles. The fourth-order valence-corrected chi connectivity index (χ4v) is 1.83. The Labute approximate surface area is 94.4 Å². The van der Waals surface area contributed by atoms with Crippen LogP contribution in [0.25, 0.3) is 0 Å². The second kappa shape index (κ2) is 4.46. The maximum Gasteiger partial charge on any atom is 0.242 e. The van der Waals surface area contributed by atoms with Gasteiger partial charge in [0.15, 0.2) is 0 Å². The number of hydrogen-bond donors (Lipinski definition) is 1. The normalized spacial score (nSPS) is 11.4. The van der Waals surface area contributed by atoms with Crippen LogP contribution < -0.4 is 4.72 Å². The predicted molar refractivity (Wildman–Crippen MR) is 57.7 cm³/mol. The molecule has 0 bridgehead atoms. The SMILES string of the molecule is O=S(=O)(CBr)Nc1cc(Cl)ccc1F. The highest BCUT2D eigenvalue weighted by molar-refractivity contribution is 9.10. The third-order valence-electron chi connectivity index (χ3n) is 1.34. The highest BCUT2D eigenvalue weighted by Gasteiger charge is 2.11. The molecule has 1 aromatic carbocycles. The molecule has 0 spiro atoms. The lowest BCUT2D eigenvalue weighted by Crippen LogP contribution is -2.14. The minimum absolute atomic E-state index is 0.156. The number of hydrogen-bond acceptors (Lipinski definition) is 2. The van der Waals surface area contributed by atoms with E-state index in [2.05, 4.69) is 15.9 Å². The lowest BCUT2D eigenvalue weighted by molar-refractivity contribution is 0.603. The second-order valence-corrected chi connectivity index (χ2v) is 5.91. The first-order chi connectivity index (χ1) is 6.44. The fraction of sp³-hybridized carbons (Fsp3) is 0.143. The van der Waals surface area contributed by atoms with Crippen molar-refractivity contribution in [1.29, 1.82) is 0 Å². The van der Waals surface area contributed by atoms with Crippen LogP contribution in [0.5, 0.6) is 0 Å². The Hall–Kier alpha value is -0.330. The summed E-state index contributed by atoms with van der Waals surface area (Å²) in [6, 6.07) is 3.63. The minimum Gasteiger partial charge on any atom is -0.280 e. The van der Waals surface area contributed by atoms with E-state index >= 15 is 0 Å². The second-order valence-electron chi connectivity index (χ2n) is 2.45. The molecular weight excluding hydrogens is 297 g/mol. The number of anilines is 1. The van der Waals surface area contributed by atoms with Crippen molar-refractivity contribution in [2.24, 2.45) is 0 Å². The van der Waals surface area contributed by atoms with Gasteiger partial charge in [0, 0.05) is 5.02 Å². The Morgan fingerprint density at radius 3 is 2.71 bits per heavy atom. The minimum atomic E-state index is -3.54. The molecule has 0 amide bonds. The highest BCUT2D eigenvalue weighted by Crippen LogP contribution is 2.20. The molecule has 0 saturated heterocycles. The summed E-state index contributed by atoms with van der Waals surface area (Å²) < 4.78 is 36.9. The van der Waals surface area contributed by atoms with Crippen LogP contribution in [-0.2, 0) is 10.0 Å². The zero-order chi connectivity index (χ0) is 10.8. The van der Waals surface area contributed by atoms with Gasteiger partial charge in [-0.05, 0) is 18.2 Å². The van der Waals surface area contributed by atoms with E-state index in [4.69, 9.17) is 11.6 Å². The molecule has 1 rings (SSSR count). The van der Waals surface area contributed by atoms with Gasteiger partial charge in [0.2, 0.25) is 10.0 Å². The van der Waals surface area contributed by atoms with Gasteiger partial charge in [-0.15, -0.1) is 0 Å². The topological polar surface area (TPSA) is 46.2 Å². The zero-order valence-corrected chi connectivity index (χ0v) is 9.96. The van der Waals surface area contributed by atoms with Crippen LogP contribution in [-0.4, -0.2) is 13.1 Å². The summed E-state index contributed by atoms with van der Waals surface area (Å²) in [4.78, 5) is 0. The molecule has 1 aromatic rings. The predicted octanol–water partition coefficient (Wildman–Crippen LogP) is 2.57. The molecule has 78 valence electrons. The fourth-order valence-electron chi connectivity index (χ4n) is 0.771. The van der Waals surface area contributed by atoms with Crippen molar-refractivity contribution in [2.75, 3.05) is 9.38 Å². The molecular formula is C7H6BrClFNO2S. The Bertz CT molecular complexity index is 437. The number of alkyl halides is 1. The van der Waals surface area contributed by atoms with Gasteiger partial charge < -0.3 is 0 Å². The maximum atomic E-state index is 13.0. The van der Waals surface area contributed by atoms with Crippen molar-refractivity contribution in [3.63, 3.8) is 0 Å². The average Bonchev–Trinajstić information content (AvgIpc) is 2.11. The summed E-state index contributed by atoms with van der Waals surface area (Å²) in [5.74, 6) is -0.668. The van der Waals surface area contributed by atoms with Crippen LogP contribution in [0.4, 0.5) is 10.1 Å². The van der Waals surface area contributed by atoms with Crippen molar-refractivity contribution in [2.45, 2.75) is 0 Å². The molecule has 0 atom stereocenters. The molecule has 0 aliphatic heterocycles. The number of nitrogens with one attached hydrogen (secondary N) is 1. The first-order valence-electron chi connectivity index (χ1n) is 3.46. The number of sulfonamides is 1. The Kier molecular flexibility index (Phi) is 3.74. The van der Waals surface area contributed by atoms with Crippen molar-refractivity contribution in [3.8, 4) is 0 Å². The third kappa shape index (κ3) is 3.11. The van der Waals surface area contributed by atoms with E-state index < -0.39 is 15.8 Å². The Balaban J connectivity index is 3.03. The van der Waals surface area contributed by atoms with Gasteiger partial charge in [-0.25, -0.2) is 12.8 Å². The number of halogens is 3. The molecule has 14 heavy (non-hydrogen) atoms. The molecule has 0 radical (unpaired) electrons. The Morgan fingerprint density at radius 2 is 2.14 bits per heavy atom. The van der Waals surface area contributed by atoms with Gasteiger partial charge in [0.05, 0.1) is 5.69 Å². The van der Waals surface area contributed by atoms with E-state index in [0.717, 1.165) is 6.07 Å². The lowest BCUT2D eigenvalue weighted by atomic mass is 10.3. The number of benzene rings is 1. The first-order valence-corrected chi connectivity index (χ1v) is 6.61. The van der Waals surface area contributed by atoms with E-state index in [9.17, 15) is 12.8 Å². The van der Waals surface area contributed by atoms with Crippen molar-refractivity contribution < 1.29 is 12.8 Å². The van der Waals surface area contributed by atoms with E-state index in [-0.39, 0.29) is 15.4 Å². The Morgan fingerprint density at radius 1 is 1.50 bits per heavy atom. The molecule has 0 aliphatic rings. The van der Waals surface area contributed by atoms with E-state index in [1.165, 1.54) is 12.1 Å². The summed E-state index contributed by atoms with van der Waals surface area (Å²) in [5, 5.41) is 0.263.